The van der Waals surface area contributed by atoms with Crippen molar-refractivity contribution in [1.82, 2.24) is 26.6 Å². The molecule has 21 nitrogen and oxygen atoms in total. The molecule has 10 aliphatic rings. The highest BCUT2D eigenvalue weighted by Crippen LogP contribution is 2.54. The number of benzene rings is 1. The molecule has 10 fully saturated rings. The Bertz CT molecular complexity index is 2410. The Balaban J connectivity index is 0.782. The molecule has 1 aromatic rings. The van der Waals surface area contributed by atoms with E-state index in [4.69, 9.17) is 42.6 Å². The van der Waals surface area contributed by atoms with Crippen LogP contribution in [0, 0.1) is 11.8 Å². The fourth-order valence-corrected chi connectivity index (χ4v) is 13.7. The van der Waals surface area contributed by atoms with Crippen molar-refractivity contribution in [1.29, 1.82) is 0 Å². The van der Waals surface area contributed by atoms with Gasteiger partial charge in [-0.15, -0.1) is 0 Å². The van der Waals surface area contributed by atoms with Gasteiger partial charge in [0, 0.05) is 70.9 Å². The molecule has 1 spiro atoms. The molecular formula is C58H81N5O16. The van der Waals surface area contributed by atoms with Crippen LogP contribution in [-0.2, 0) is 77.8 Å². The van der Waals surface area contributed by atoms with Gasteiger partial charge in [-0.25, -0.2) is 0 Å². The third-order valence-corrected chi connectivity index (χ3v) is 17.8. The van der Waals surface area contributed by atoms with Crippen molar-refractivity contribution < 1.29 is 76.5 Å². The van der Waals surface area contributed by atoms with E-state index in [1.54, 1.807) is 38.3 Å². The zero-order valence-electron chi connectivity index (χ0n) is 45.8. The minimum atomic E-state index is -1.11. The Morgan fingerprint density at radius 2 is 1.41 bits per heavy atom. The first-order valence-corrected chi connectivity index (χ1v) is 28.8. The van der Waals surface area contributed by atoms with Gasteiger partial charge in [0.2, 0.25) is 29.5 Å². The molecule has 12 bridgehead atoms. The van der Waals surface area contributed by atoms with Gasteiger partial charge in [0.05, 0.1) is 86.8 Å². The number of Topliss-reactive ketones (excluding diaryl/α,β-unsaturated/α-hetero) is 1. The lowest BCUT2D eigenvalue weighted by Crippen LogP contribution is -2.61. The smallest absolute Gasteiger partial charge is 0.243 e. The topological polar surface area (TPSA) is 266 Å². The highest BCUT2D eigenvalue weighted by atomic mass is 16.8. The van der Waals surface area contributed by atoms with Gasteiger partial charge in [0.15, 0.2) is 5.79 Å². The van der Waals surface area contributed by atoms with Gasteiger partial charge >= 0.3 is 0 Å². The van der Waals surface area contributed by atoms with Crippen molar-refractivity contribution in [2.45, 2.75) is 220 Å². The molecule has 0 saturated carbocycles. The molecule has 1 aromatic carbocycles. The maximum absolute atomic E-state index is 14.5. The maximum atomic E-state index is 14.5. The summed E-state index contributed by atoms with van der Waals surface area (Å²) in [5, 5.41) is 24.2. The number of hydrogen-bond acceptors (Lipinski definition) is 16. The second-order valence-corrected chi connectivity index (χ2v) is 23.4. The summed E-state index contributed by atoms with van der Waals surface area (Å²) in [7, 11) is 1.58. The molecule has 20 atom stereocenters. The van der Waals surface area contributed by atoms with E-state index >= 15 is 0 Å². The van der Waals surface area contributed by atoms with Gasteiger partial charge < -0.3 is 74.3 Å². The highest BCUT2D eigenvalue weighted by Gasteiger charge is 2.69. The van der Waals surface area contributed by atoms with Gasteiger partial charge in [-0.2, -0.15) is 0 Å². The molecule has 0 radical (unpaired) electrons. The molecular weight excluding hydrogens is 1020 g/mol. The van der Waals surface area contributed by atoms with Crippen molar-refractivity contribution in [3.63, 3.8) is 0 Å². The number of aliphatic hydroxyl groups excluding tert-OH is 1. The predicted octanol–water partition coefficient (Wildman–Crippen LogP) is 2.08. The fraction of sp³-hybridized carbons (Fsp3) is 0.724. The van der Waals surface area contributed by atoms with Crippen LogP contribution in [0.2, 0.25) is 0 Å². The first kappa shape index (κ1) is 57.6. The third-order valence-electron chi connectivity index (χ3n) is 17.8. The van der Waals surface area contributed by atoms with Gasteiger partial charge in [0.1, 0.15) is 42.3 Å². The molecule has 21 heteroatoms. The highest BCUT2D eigenvalue weighted by molar-refractivity contribution is 5.92. The van der Waals surface area contributed by atoms with E-state index in [-0.39, 0.29) is 124 Å². The van der Waals surface area contributed by atoms with Crippen molar-refractivity contribution in [2.24, 2.45) is 11.8 Å². The Morgan fingerprint density at radius 1 is 0.709 bits per heavy atom. The van der Waals surface area contributed by atoms with Gasteiger partial charge in [-0.3, -0.25) is 28.8 Å². The van der Waals surface area contributed by atoms with Gasteiger partial charge in [-0.05, 0) is 67.6 Å². The van der Waals surface area contributed by atoms with Crippen LogP contribution < -0.4 is 26.6 Å². The van der Waals surface area contributed by atoms with Crippen LogP contribution >= 0.6 is 0 Å². The molecule has 6 N–H and O–H groups in total. The van der Waals surface area contributed by atoms with E-state index in [2.05, 4.69) is 46.7 Å². The van der Waals surface area contributed by atoms with E-state index in [0.717, 1.165) is 48.8 Å². The number of carbonyl (C=O) groups is 6. The SMILES string of the molecule is C=C1C[C@@H]2CC[C@@]34CC5OC6C(O[C@H]7CC[C@H](CC(=O)C[C@@H]8[C@@H](OC)[C@@H](C[C@H](O)CNC(=O)CNC(=O)[C@H](Cc9ccccc9)NC(=O)CNC(=O)CNC(=O)CC)O[C@H]8C[C@H]8O[C@@H](CC[C@@H]1O2)C[C@@H](C)C8=C)O[C@@H]7[C@@H]6O3)[C@H]5O4. The largest absolute Gasteiger partial charge is 0.391 e. The minimum Gasteiger partial charge on any atom is -0.391 e. The Labute approximate surface area is 462 Å². The second-order valence-electron chi connectivity index (χ2n) is 23.4. The van der Waals surface area contributed by atoms with Crippen LogP contribution in [-0.4, -0.2) is 183 Å². The number of ketones is 1. The average molecular weight is 1100 g/mol. The van der Waals surface area contributed by atoms with Crippen LogP contribution in [0.5, 0.6) is 0 Å². The van der Waals surface area contributed by atoms with E-state index < -0.39 is 91.1 Å². The van der Waals surface area contributed by atoms with Crippen LogP contribution in [0.3, 0.4) is 0 Å². The molecule has 11 rings (SSSR count). The summed E-state index contributed by atoms with van der Waals surface area (Å²) in [6.45, 7) is 11.4. The molecule has 0 aliphatic carbocycles. The molecule has 0 aromatic heterocycles. The van der Waals surface area contributed by atoms with Crippen LogP contribution in [0.4, 0.5) is 0 Å². The van der Waals surface area contributed by atoms with Crippen molar-refractivity contribution >= 4 is 35.3 Å². The quantitative estimate of drug-likeness (QED) is 0.130. The molecule has 5 amide bonds. The number of ether oxygens (including phenoxy) is 9. The van der Waals surface area contributed by atoms with Crippen LogP contribution in [0.25, 0.3) is 0 Å². The zero-order chi connectivity index (χ0) is 55.5. The second kappa shape index (κ2) is 25.2. The fourth-order valence-electron chi connectivity index (χ4n) is 13.7. The standard InChI is InChI=1S/C58H81N5O16/c1-6-47(66)60-27-48(67)61-29-50(69)63-40(20-33-10-8-7-9-11-33)57(70)62-28-49(68)59-26-35(65)23-45-51(71-5)39-22-34(64)21-37-13-15-42-52(74-37)56-55-54(76-42)53-46(77-55)25-58(78-53,79-56)17-16-38-19-31(3)41(72-38)14-12-36-18-30(2)32(4)43(73-36)24-44(39)75-45/h7-11,30,35-46,51-56,65H,3-4,6,12-29H2,1-2,5H3,(H,59,68)(H,60,66)(H,61,67)(H,62,70)(H,63,69)/t30-,35+,36+,37-,38+,39+,40+,41+,42+,43-,44+,45-,46?,51-,52+,53+,54?,55?,56+,58+/m1/s1. The normalized spacial score (nSPS) is 38.4. The number of fused-ring (bicyclic) bond motifs is 6. The number of carbonyl (C=O) groups excluding carboxylic acids is 6. The van der Waals surface area contributed by atoms with E-state index in [1.807, 2.05) is 6.07 Å². The third kappa shape index (κ3) is 13.5. The monoisotopic (exact) mass is 1100 g/mol. The average Bonchev–Trinajstić information content (AvgIpc) is 3.60. The van der Waals surface area contributed by atoms with Crippen molar-refractivity contribution in [3.05, 3.63) is 60.2 Å². The summed E-state index contributed by atoms with van der Waals surface area (Å²) < 4.78 is 60.6. The Morgan fingerprint density at radius 3 is 2.20 bits per heavy atom. The summed E-state index contributed by atoms with van der Waals surface area (Å²) in [6.07, 6.45) is 1.68. The number of rotatable bonds is 16. The summed E-state index contributed by atoms with van der Waals surface area (Å²) >= 11 is 0. The number of hydrogen-bond donors (Lipinski definition) is 6. The van der Waals surface area contributed by atoms with Gasteiger partial charge in [-0.1, -0.05) is 57.3 Å². The van der Waals surface area contributed by atoms with E-state index in [9.17, 15) is 33.9 Å². The lowest BCUT2D eigenvalue weighted by molar-refractivity contribution is -0.292. The lowest BCUT2D eigenvalue weighted by Gasteiger charge is -2.47. The lowest BCUT2D eigenvalue weighted by atomic mass is 9.81. The summed E-state index contributed by atoms with van der Waals surface area (Å²) in [6, 6.07) is 7.87. The Kier molecular flexibility index (Phi) is 18.4. The van der Waals surface area contributed by atoms with Crippen LogP contribution in [0.1, 0.15) is 109 Å². The number of methoxy groups -OCH3 is 1. The summed E-state index contributed by atoms with van der Waals surface area (Å²) in [5.41, 5.74) is 2.79. The first-order valence-electron chi connectivity index (χ1n) is 28.8. The molecule has 10 aliphatic heterocycles. The molecule has 3 unspecified atom stereocenters. The van der Waals surface area contributed by atoms with Crippen molar-refractivity contribution in [3.8, 4) is 0 Å². The molecule has 10 heterocycles. The summed E-state index contributed by atoms with van der Waals surface area (Å²) in [4.78, 5) is 77.8. The minimum absolute atomic E-state index is 0.00541. The Hall–Kier alpha value is -4.68. The molecule has 10 saturated heterocycles. The molecule has 79 heavy (non-hydrogen) atoms. The predicted molar refractivity (Wildman–Crippen MR) is 282 cm³/mol. The zero-order valence-corrected chi connectivity index (χ0v) is 45.8. The van der Waals surface area contributed by atoms with Crippen LogP contribution in [0.15, 0.2) is 54.6 Å². The first-order chi connectivity index (χ1) is 38.0. The number of aliphatic hydroxyl groups is 1. The molecule has 434 valence electrons. The summed E-state index contributed by atoms with van der Waals surface area (Å²) in [5.74, 6) is -3.89. The van der Waals surface area contributed by atoms with Crippen molar-refractivity contribution in [2.75, 3.05) is 33.3 Å². The van der Waals surface area contributed by atoms with Gasteiger partial charge in [0.25, 0.3) is 0 Å². The number of nitrogens with one attached hydrogen (secondary N) is 5. The van der Waals surface area contributed by atoms with E-state index in [0.29, 0.717) is 32.1 Å². The number of amides is 5. The maximum Gasteiger partial charge on any atom is 0.243 e. The van der Waals surface area contributed by atoms with E-state index in [1.165, 1.54) is 0 Å².